The molecule has 7 heteroatoms. The monoisotopic (exact) mass is 565 g/mol. The minimum absolute atomic E-state index is 0.000787. The maximum atomic E-state index is 12.6. The van der Waals surface area contributed by atoms with E-state index in [2.05, 4.69) is 107 Å². The Labute approximate surface area is 246 Å². The van der Waals surface area contributed by atoms with Gasteiger partial charge in [0.2, 0.25) is 0 Å². The van der Waals surface area contributed by atoms with E-state index in [9.17, 15) is 9.59 Å². The molecule has 2 heterocycles. The molecule has 210 valence electrons. The van der Waals surface area contributed by atoms with Gasteiger partial charge in [0.05, 0.1) is 17.4 Å². The molecule has 1 atom stereocenters. The van der Waals surface area contributed by atoms with E-state index in [1.54, 1.807) is 30.8 Å². The minimum Gasteiger partial charge on any atom is -0.465 e. The summed E-state index contributed by atoms with van der Waals surface area (Å²) < 4.78 is 7.00. The molecule has 0 saturated carbocycles. The molecular weight excluding hydrogens is 530 g/mol. The number of nitrogens with zero attached hydrogens (tertiary/aromatic N) is 3. The van der Waals surface area contributed by atoms with Gasteiger partial charge in [-0.25, -0.2) is 4.98 Å². The van der Waals surface area contributed by atoms with Crippen LogP contribution in [0.2, 0.25) is 0 Å². The number of carbonyl (C=O) groups excluding carboxylic acids is 2. The van der Waals surface area contributed by atoms with Crippen LogP contribution in [0.5, 0.6) is 0 Å². The number of ether oxygens (including phenoxy) is 1. The molecule has 0 radical (unpaired) electrons. The molecule has 6 nitrogen and oxygen atoms in total. The second-order valence-electron chi connectivity index (χ2n) is 10.0. The van der Waals surface area contributed by atoms with E-state index in [1.807, 2.05) is 0 Å². The first-order valence-electron chi connectivity index (χ1n) is 14.0. The third-order valence-electron chi connectivity index (χ3n) is 7.44. The second-order valence-corrected chi connectivity index (χ2v) is 11.3. The van der Waals surface area contributed by atoms with Crippen LogP contribution in [0.4, 0.5) is 0 Å². The highest BCUT2D eigenvalue weighted by atomic mass is 32.2. The first-order chi connectivity index (χ1) is 20.0. The summed E-state index contributed by atoms with van der Waals surface area (Å²) in [6.07, 6.45) is 6.53. The quantitative estimate of drug-likeness (QED) is 0.126. The Balaban J connectivity index is 1.61. The molecule has 41 heavy (non-hydrogen) atoms. The van der Waals surface area contributed by atoms with E-state index < -0.39 is 5.54 Å². The van der Waals surface area contributed by atoms with Gasteiger partial charge in [0, 0.05) is 32.4 Å². The van der Waals surface area contributed by atoms with Crippen LogP contribution in [0.15, 0.2) is 115 Å². The molecule has 1 aromatic heterocycles. The van der Waals surface area contributed by atoms with Crippen molar-refractivity contribution in [3.05, 3.63) is 138 Å². The highest BCUT2D eigenvalue weighted by Gasteiger charge is 2.43. The number of rotatable bonds is 10. The van der Waals surface area contributed by atoms with Gasteiger partial charge in [0.15, 0.2) is 5.12 Å². The van der Waals surface area contributed by atoms with E-state index in [0.717, 1.165) is 18.5 Å². The van der Waals surface area contributed by atoms with Crippen molar-refractivity contribution in [2.24, 2.45) is 0 Å². The molecular formula is C34H35N3O3S. The topological polar surface area (TPSA) is 64.4 Å². The third-order valence-corrected chi connectivity index (χ3v) is 8.52. The van der Waals surface area contributed by atoms with Crippen molar-refractivity contribution in [1.82, 2.24) is 14.5 Å². The number of carbonyl (C=O) groups is 2. The van der Waals surface area contributed by atoms with Crippen LogP contribution in [0.3, 0.4) is 0 Å². The molecule has 0 aliphatic carbocycles. The molecule has 0 N–H and O–H groups in total. The van der Waals surface area contributed by atoms with Gasteiger partial charge in [-0.2, -0.15) is 0 Å². The molecule has 1 aliphatic rings. The summed E-state index contributed by atoms with van der Waals surface area (Å²) in [4.78, 5) is 32.1. The summed E-state index contributed by atoms with van der Waals surface area (Å²) >= 11 is 1.25. The van der Waals surface area contributed by atoms with Crippen LogP contribution >= 0.6 is 11.8 Å². The first kappa shape index (κ1) is 28.6. The zero-order chi connectivity index (χ0) is 28.7. The smallest absolute Gasteiger partial charge is 0.325 e. The van der Waals surface area contributed by atoms with Crippen molar-refractivity contribution in [2.75, 3.05) is 19.7 Å². The van der Waals surface area contributed by atoms with Gasteiger partial charge in [0.25, 0.3) is 0 Å². The van der Waals surface area contributed by atoms with Crippen LogP contribution < -0.4 is 0 Å². The number of aromatic nitrogens is 2. The van der Waals surface area contributed by atoms with Crippen molar-refractivity contribution in [1.29, 1.82) is 0 Å². The van der Waals surface area contributed by atoms with Crippen LogP contribution in [-0.2, 0) is 26.4 Å². The average Bonchev–Trinajstić information content (AvgIpc) is 3.46. The van der Waals surface area contributed by atoms with Crippen molar-refractivity contribution in [3.63, 3.8) is 0 Å². The lowest BCUT2D eigenvalue weighted by Crippen LogP contribution is -2.50. The van der Waals surface area contributed by atoms with Gasteiger partial charge in [0.1, 0.15) is 12.4 Å². The highest BCUT2D eigenvalue weighted by molar-refractivity contribution is 8.13. The number of benzene rings is 3. The molecule has 4 aromatic rings. The predicted molar refractivity (Wildman–Crippen MR) is 163 cm³/mol. The van der Waals surface area contributed by atoms with Crippen molar-refractivity contribution in [2.45, 2.75) is 37.6 Å². The van der Waals surface area contributed by atoms with Crippen molar-refractivity contribution >= 4 is 22.8 Å². The van der Waals surface area contributed by atoms with Crippen LogP contribution in [0.1, 0.15) is 48.0 Å². The number of thioether (sulfide) groups is 1. The molecule has 0 saturated heterocycles. The molecule has 1 unspecified atom stereocenters. The van der Waals surface area contributed by atoms with Crippen molar-refractivity contribution < 1.29 is 14.3 Å². The molecule has 0 fully saturated rings. The fourth-order valence-corrected chi connectivity index (χ4v) is 6.79. The zero-order valence-electron chi connectivity index (χ0n) is 23.5. The number of esters is 1. The fraction of sp³-hybridized carbons (Fsp3) is 0.265. The normalized spacial score (nSPS) is 14.7. The van der Waals surface area contributed by atoms with Gasteiger partial charge in [-0.05, 0) is 35.6 Å². The lowest BCUT2D eigenvalue weighted by molar-refractivity contribution is -0.143. The number of hydrogen-bond donors (Lipinski definition) is 0. The van der Waals surface area contributed by atoms with Crippen molar-refractivity contribution in [3.8, 4) is 0 Å². The van der Waals surface area contributed by atoms with Gasteiger partial charge in [-0.3, -0.25) is 14.5 Å². The lowest BCUT2D eigenvalue weighted by Gasteiger charge is -2.47. The predicted octanol–water partition coefficient (Wildman–Crippen LogP) is 6.39. The van der Waals surface area contributed by atoms with Crippen LogP contribution in [0, 0.1) is 0 Å². The summed E-state index contributed by atoms with van der Waals surface area (Å²) in [6, 6.07) is 31.9. The fourth-order valence-electron chi connectivity index (χ4n) is 5.83. The summed E-state index contributed by atoms with van der Waals surface area (Å²) in [7, 11) is 0. The summed E-state index contributed by atoms with van der Waals surface area (Å²) in [5.41, 5.74) is 4.07. The molecule has 0 bridgehead atoms. The van der Waals surface area contributed by atoms with Gasteiger partial charge in [-0.15, -0.1) is 0 Å². The SMILES string of the molecule is CCOC(=O)Cn1ccnc1C(SC(C)=O)C1=CCCN(C(c2ccccc2)(c2ccccc2)c2ccccc2)C1. The summed E-state index contributed by atoms with van der Waals surface area (Å²) in [6.45, 7) is 5.19. The van der Waals surface area contributed by atoms with Gasteiger partial charge in [-0.1, -0.05) is 109 Å². The summed E-state index contributed by atoms with van der Waals surface area (Å²) in [5, 5.41) is -0.334. The number of hydrogen-bond acceptors (Lipinski definition) is 6. The maximum absolute atomic E-state index is 12.6. The maximum Gasteiger partial charge on any atom is 0.325 e. The Morgan fingerprint density at radius 2 is 1.49 bits per heavy atom. The van der Waals surface area contributed by atoms with Gasteiger partial charge >= 0.3 is 5.97 Å². The first-order valence-corrected chi connectivity index (χ1v) is 14.9. The van der Waals surface area contributed by atoms with Crippen LogP contribution in [-0.4, -0.2) is 45.2 Å². The van der Waals surface area contributed by atoms with E-state index >= 15 is 0 Å². The van der Waals surface area contributed by atoms with E-state index in [4.69, 9.17) is 4.74 Å². The average molecular weight is 566 g/mol. The number of imidazole rings is 1. The Hall–Kier alpha value is -3.94. The zero-order valence-corrected chi connectivity index (χ0v) is 24.3. The molecule has 1 aliphatic heterocycles. The minimum atomic E-state index is -0.560. The molecule has 0 amide bonds. The Bertz CT molecular complexity index is 1390. The van der Waals surface area contributed by atoms with Crippen LogP contribution in [0.25, 0.3) is 0 Å². The Morgan fingerprint density at radius 1 is 0.927 bits per heavy atom. The summed E-state index contributed by atoms with van der Waals surface area (Å²) in [5.74, 6) is 0.352. The highest BCUT2D eigenvalue weighted by Crippen LogP contribution is 2.46. The standard InChI is InChI=1S/C34H35N3O3S/c1-3-40-31(39)25-36-23-21-35-33(36)32(41-26(2)38)27-14-13-22-37(24-27)34(28-15-7-4-8-16-28,29-17-9-5-10-18-29)30-19-11-6-12-20-30/h4-12,14-21,23,32H,3,13,22,24-25H2,1-2H3. The second kappa shape index (κ2) is 13.1. The molecule has 0 spiro atoms. The third kappa shape index (κ3) is 6.06. The van der Waals surface area contributed by atoms with Gasteiger partial charge < -0.3 is 9.30 Å². The Morgan fingerprint density at radius 3 is 2.00 bits per heavy atom. The molecule has 5 rings (SSSR count). The largest absolute Gasteiger partial charge is 0.465 e. The molecule has 3 aromatic carbocycles. The van der Waals surface area contributed by atoms with E-state index in [0.29, 0.717) is 19.0 Å². The Kier molecular flexibility index (Phi) is 9.17. The van der Waals surface area contributed by atoms with E-state index in [1.165, 1.54) is 28.5 Å². The van der Waals surface area contributed by atoms with E-state index in [-0.39, 0.29) is 22.9 Å². The lowest BCUT2D eigenvalue weighted by atomic mass is 9.74.